The van der Waals surface area contributed by atoms with Gasteiger partial charge in [0, 0.05) is 0 Å². The molecule has 0 aliphatic rings. The van der Waals surface area contributed by atoms with Crippen molar-refractivity contribution in [2.45, 2.75) is 0 Å². The highest BCUT2D eigenvalue weighted by Gasteiger charge is 2.12. The molecule has 0 atom stereocenters. The number of rotatable bonds is 8. The predicted octanol–water partition coefficient (Wildman–Crippen LogP) is 2.51. The summed E-state index contributed by atoms with van der Waals surface area (Å²) >= 11 is 0. The van der Waals surface area contributed by atoms with Gasteiger partial charge in [0.15, 0.2) is 11.5 Å². The summed E-state index contributed by atoms with van der Waals surface area (Å²) in [4.78, 5) is 0. The fourth-order valence-electron chi connectivity index (χ4n) is 2.45. The Morgan fingerprint density at radius 3 is 1.85 bits per heavy atom. The van der Waals surface area contributed by atoms with Gasteiger partial charge in [-0.25, -0.2) is 5.14 Å². The number of nitrogens with one attached hydrogen (secondary N) is 1. The molecule has 8 nitrogen and oxygen atoms in total. The highest BCUT2D eigenvalue weighted by molar-refractivity contribution is 7.90. The van der Waals surface area contributed by atoms with E-state index in [1.54, 1.807) is 50.6 Å². The first-order chi connectivity index (χ1) is 12.8. The second kappa shape index (κ2) is 8.65. The number of anilines is 1. The molecule has 0 amide bonds. The third-order valence-corrected chi connectivity index (χ3v) is 4.14. The minimum absolute atomic E-state index is 0.243. The van der Waals surface area contributed by atoms with Crippen molar-refractivity contribution in [3.8, 4) is 23.0 Å². The largest absolute Gasteiger partial charge is 0.495 e. The van der Waals surface area contributed by atoms with Crippen molar-refractivity contribution in [3.63, 3.8) is 0 Å². The van der Waals surface area contributed by atoms with Crippen LogP contribution in [-0.4, -0.2) is 36.9 Å². The van der Waals surface area contributed by atoms with Gasteiger partial charge in [0.1, 0.15) is 5.75 Å². The Morgan fingerprint density at radius 1 is 0.815 bits per heavy atom. The van der Waals surface area contributed by atoms with Gasteiger partial charge in [-0.05, 0) is 35.4 Å². The first-order valence-corrected chi connectivity index (χ1v) is 9.32. The highest BCUT2D eigenvalue weighted by Crippen LogP contribution is 2.38. The van der Waals surface area contributed by atoms with E-state index in [0.29, 0.717) is 23.0 Å². The molecule has 0 saturated carbocycles. The molecule has 2 aromatic carbocycles. The van der Waals surface area contributed by atoms with E-state index in [-0.39, 0.29) is 5.69 Å². The standard InChI is InChI=1S/C18H22N2O6S/c1-23-15-8-7-12(9-14(15)20-27(19,21)22)5-6-13-10-16(24-2)18(26-4)17(11-13)25-3/h5-11,20H,1-4H3,(H2,19,21,22)/b6-5-. The van der Waals surface area contributed by atoms with Crippen LogP contribution in [0.1, 0.15) is 11.1 Å². The van der Waals surface area contributed by atoms with E-state index < -0.39 is 10.2 Å². The van der Waals surface area contributed by atoms with Crippen LogP contribution in [0.2, 0.25) is 0 Å². The van der Waals surface area contributed by atoms with Gasteiger partial charge in [-0.15, -0.1) is 0 Å². The van der Waals surface area contributed by atoms with Gasteiger partial charge in [0.25, 0.3) is 10.2 Å². The van der Waals surface area contributed by atoms with E-state index in [1.807, 2.05) is 6.08 Å². The predicted molar refractivity (Wildman–Crippen MR) is 105 cm³/mol. The summed E-state index contributed by atoms with van der Waals surface area (Å²) < 4.78 is 46.0. The molecule has 3 N–H and O–H groups in total. The van der Waals surface area contributed by atoms with Crippen LogP contribution in [0.5, 0.6) is 23.0 Å². The van der Waals surface area contributed by atoms with Gasteiger partial charge in [-0.3, -0.25) is 4.72 Å². The lowest BCUT2D eigenvalue weighted by Gasteiger charge is -2.13. The van der Waals surface area contributed by atoms with Crippen molar-refractivity contribution in [1.82, 2.24) is 0 Å². The van der Waals surface area contributed by atoms with Gasteiger partial charge in [0.2, 0.25) is 5.75 Å². The Kier molecular flexibility index (Phi) is 6.54. The van der Waals surface area contributed by atoms with Gasteiger partial charge in [0.05, 0.1) is 34.1 Å². The quantitative estimate of drug-likeness (QED) is 0.666. The van der Waals surface area contributed by atoms with Crippen molar-refractivity contribution in [1.29, 1.82) is 0 Å². The van der Waals surface area contributed by atoms with E-state index in [0.717, 1.165) is 11.1 Å². The van der Waals surface area contributed by atoms with Crippen molar-refractivity contribution in [2.75, 3.05) is 33.2 Å². The monoisotopic (exact) mass is 394 g/mol. The molecule has 0 radical (unpaired) electrons. The molecule has 2 aromatic rings. The molecule has 0 saturated heterocycles. The molecule has 2 rings (SSSR count). The third-order valence-electron chi connectivity index (χ3n) is 3.63. The normalized spacial score (nSPS) is 11.3. The van der Waals surface area contributed by atoms with Crippen LogP contribution in [0.25, 0.3) is 12.2 Å². The first-order valence-electron chi connectivity index (χ1n) is 7.78. The number of methoxy groups -OCH3 is 4. The molecule has 0 aromatic heterocycles. The Bertz CT molecular complexity index is 916. The first kappa shape index (κ1) is 20.4. The Labute approximate surface area is 158 Å². The van der Waals surface area contributed by atoms with E-state index in [2.05, 4.69) is 4.72 Å². The van der Waals surface area contributed by atoms with Crippen molar-refractivity contribution in [2.24, 2.45) is 5.14 Å². The molecule has 27 heavy (non-hydrogen) atoms. The van der Waals surface area contributed by atoms with Crippen LogP contribution in [0.15, 0.2) is 30.3 Å². The zero-order valence-corrected chi connectivity index (χ0v) is 16.3. The second-order valence-electron chi connectivity index (χ2n) is 5.40. The molecular weight excluding hydrogens is 372 g/mol. The van der Waals surface area contributed by atoms with E-state index in [4.69, 9.17) is 24.1 Å². The maximum Gasteiger partial charge on any atom is 0.296 e. The maximum absolute atomic E-state index is 11.3. The smallest absolute Gasteiger partial charge is 0.296 e. The highest BCUT2D eigenvalue weighted by atomic mass is 32.2. The molecule has 0 aliphatic carbocycles. The average molecular weight is 394 g/mol. The van der Waals surface area contributed by atoms with E-state index >= 15 is 0 Å². The molecular formula is C18H22N2O6S. The molecule has 0 aliphatic heterocycles. The van der Waals surface area contributed by atoms with Crippen LogP contribution in [0, 0.1) is 0 Å². The lowest BCUT2D eigenvalue weighted by atomic mass is 10.1. The van der Waals surface area contributed by atoms with E-state index in [9.17, 15) is 8.42 Å². The van der Waals surface area contributed by atoms with Crippen LogP contribution >= 0.6 is 0 Å². The Hall–Kier alpha value is -2.91. The minimum Gasteiger partial charge on any atom is -0.495 e. The summed E-state index contributed by atoms with van der Waals surface area (Å²) in [5.41, 5.74) is 1.78. The summed E-state index contributed by atoms with van der Waals surface area (Å²) in [6.07, 6.45) is 3.63. The topological polar surface area (TPSA) is 109 Å². The van der Waals surface area contributed by atoms with Crippen molar-refractivity contribution < 1.29 is 27.4 Å². The summed E-state index contributed by atoms with van der Waals surface area (Å²) in [5, 5.41) is 5.05. The molecule has 0 unspecified atom stereocenters. The average Bonchev–Trinajstić information content (AvgIpc) is 2.64. The molecule has 0 fully saturated rings. The second-order valence-corrected chi connectivity index (χ2v) is 6.69. The van der Waals surface area contributed by atoms with Crippen molar-refractivity contribution in [3.05, 3.63) is 41.5 Å². The zero-order chi connectivity index (χ0) is 20.0. The fourth-order valence-corrected chi connectivity index (χ4v) is 2.92. The molecule has 0 heterocycles. The Morgan fingerprint density at radius 2 is 1.37 bits per heavy atom. The fraction of sp³-hybridized carbons (Fsp3) is 0.222. The van der Waals surface area contributed by atoms with Gasteiger partial charge >= 0.3 is 0 Å². The van der Waals surface area contributed by atoms with Crippen molar-refractivity contribution >= 4 is 28.0 Å². The third kappa shape index (κ3) is 5.28. The number of nitrogens with two attached hydrogens (primary N) is 1. The zero-order valence-electron chi connectivity index (χ0n) is 15.5. The molecule has 146 valence electrons. The molecule has 0 spiro atoms. The molecule has 0 bridgehead atoms. The Balaban J connectivity index is 2.39. The van der Waals surface area contributed by atoms with Gasteiger partial charge in [-0.1, -0.05) is 18.2 Å². The minimum atomic E-state index is -3.92. The number of hydrogen-bond acceptors (Lipinski definition) is 6. The number of hydrogen-bond donors (Lipinski definition) is 2. The lowest BCUT2D eigenvalue weighted by molar-refractivity contribution is 0.324. The van der Waals surface area contributed by atoms with Crippen LogP contribution in [0.4, 0.5) is 5.69 Å². The summed E-state index contributed by atoms with van der Waals surface area (Å²) in [6.45, 7) is 0. The van der Waals surface area contributed by atoms with Crippen LogP contribution in [0.3, 0.4) is 0 Å². The number of ether oxygens (including phenoxy) is 4. The lowest BCUT2D eigenvalue weighted by Crippen LogP contribution is -2.22. The van der Waals surface area contributed by atoms with Gasteiger partial charge < -0.3 is 18.9 Å². The van der Waals surface area contributed by atoms with E-state index in [1.165, 1.54) is 14.2 Å². The number of benzene rings is 2. The maximum atomic E-state index is 11.3. The summed E-state index contributed by atoms with van der Waals surface area (Å²) in [6, 6.07) is 8.62. The summed E-state index contributed by atoms with van der Waals surface area (Å²) in [5.74, 6) is 1.92. The van der Waals surface area contributed by atoms with Crippen LogP contribution in [-0.2, 0) is 10.2 Å². The van der Waals surface area contributed by atoms with Crippen LogP contribution < -0.4 is 28.8 Å². The summed E-state index contributed by atoms with van der Waals surface area (Å²) in [7, 11) is 2.14. The molecule has 9 heteroatoms. The van der Waals surface area contributed by atoms with Gasteiger partial charge in [-0.2, -0.15) is 8.42 Å². The SMILES string of the molecule is COc1ccc(/C=C\c2cc(OC)c(OC)c(OC)c2)cc1NS(N)(=O)=O.